The molecule has 0 radical (unpaired) electrons. The van der Waals surface area contributed by atoms with Crippen molar-refractivity contribution >= 4 is 0 Å². The van der Waals surface area contributed by atoms with E-state index in [0.29, 0.717) is 24.7 Å². The van der Waals surface area contributed by atoms with Crippen LogP contribution in [0.1, 0.15) is 99.6 Å². The van der Waals surface area contributed by atoms with Gasteiger partial charge in [-0.2, -0.15) is 0 Å². The Morgan fingerprint density at radius 1 is 0.587 bits per heavy atom. The summed E-state index contributed by atoms with van der Waals surface area (Å²) in [5, 5.41) is 0. The Morgan fingerprint density at radius 3 is 1.33 bits per heavy atom. The molecule has 0 aromatic heterocycles. The van der Waals surface area contributed by atoms with Crippen LogP contribution in [-0.2, 0) is 17.6 Å². The van der Waals surface area contributed by atoms with Crippen LogP contribution in [0.25, 0.3) is 0 Å². The third kappa shape index (κ3) is 25.1. The smallest absolute Gasteiger partial charge is 0.497 e. The number of benzene rings is 2. The average Bonchev–Trinajstić information content (AvgIpc) is 2.95. The fourth-order valence-electron chi connectivity index (χ4n) is 4.11. The fraction of sp³-hybridized carbons (Fsp3) is 0.568. The molecule has 0 fully saturated rings. The first kappa shape index (κ1) is 45.0. The molecule has 0 heterocycles. The lowest BCUT2D eigenvalue weighted by Crippen LogP contribution is -2.17. The maximum atomic E-state index is 11.9. The summed E-state index contributed by atoms with van der Waals surface area (Å²) in [6, 6.07) is 14.3. The average molecular weight is 663 g/mol. The fourth-order valence-corrected chi connectivity index (χ4v) is 4.11. The molecule has 2 aromatic carbocycles. The SMILES string of the molecule is CC.CC.CC(C)CC1=CCCC(OC(F)(F)F)=C1.CC(C)Cc1ccc(OC(F)(F)F)cc1.COc1ccc(CC(C)C)cc1. The molecule has 2 aromatic rings. The lowest BCUT2D eigenvalue weighted by atomic mass is 9.97. The van der Waals surface area contributed by atoms with Gasteiger partial charge < -0.3 is 14.2 Å². The van der Waals surface area contributed by atoms with Crippen LogP contribution in [0.5, 0.6) is 11.5 Å². The van der Waals surface area contributed by atoms with E-state index < -0.39 is 12.7 Å². The Morgan fingerprint density at radius 2 is 0.978 bits per heavy atom. The maximum absolute atomic E-state index is 11.9. The lowest BCUT2D eigenvalue weighted by molar-refractivity contribution is -0.306. The van der Waals surface area contributed by atoms with Crippen LogP contribution in [0.2, 0.25) is 0 Å². The van der Waals surface area contributed by atoms with E-state index in [0.717, 1.165) is 42.1 Å². The van der Waals surface area contributed by atoms with Gasteiger partial charge in [-0.25, -0.2) is 0 Å². The summed E-state index contributed by atoms with van der Waals surface area (Å²) in [4.78, 5) is 0. The highest BCUT2D eigenvalue weighted by Crippen LogP contribution is 2.29. The van der Waals surface area contributed by atoms with Crippen molar-refractivity contribution in [2.24, 2.45) is 17.8 Å². The molecule has 0 spiro atoms. The molecule has 46 heavy (non-hydrogen) atoms. The van der Waals surface area contributed by atoms with E-state index in [1.54, 1.807) is 19.2 Å². The van der Waals surface area contributed by atoms with Gasteiger partial charge in [-0.05, 0) is 90.5 Å². The second-order valence-corrected chi connectivity index (χ2v) is 11.3. The number of methoxy groups -OCH3 is 1. The van der Waals surface area contributed by atoms with E-state index in [2.05, 4.69) is 49.3 Å². The molecule has 0 N–H and O–H groups in total. The first-order chi connectivity index (χ1) is 21.5. The van der Waals surface area contributed by atoms with E-state index in [4.69, 9.17) is 4.74 Å². The molecule has 3 rings (SSSR count). The van der Waals surface area contributed by atoms with Gasteiger partial charge in [-0.3, -0.25) is 0 Å². The van der Waals surface area contributed by atoms with Crippen molar-refractivity contribution in [2.45, 2.75) is 114 Å². The monoisotopic (exact) mass is 662 g/mol. The van der Waals surface area contributed by atoms with Gasteiger partial charge in [0.15, 0.2) is 0 Å². The summed E-state index contributed by atoms with van der Waals surface area (Å²) < 4.78 is 84.1. The van der Waals surface area contributed by atoms with Gasteiger partial charge >= 0.3 is 12.7 Å². The van der Waals surface area contributed by atoms with Crippen LogP contribution < -0.4 is 9.47 Å². The summed E-state index contributed by atoms with van der Waals surface area (Å²) in [6.45, 7) is 20.6. The second-order valence-electron chi connectivity index (χ2n) is 11.3. The van der Waals surface area contributed by atoms with E-state index in [-0.39, 0.29) is 11.5 Å². The predicted molar refractivity (Wildman–Crippen MR) is 178 cm³/mol. The van der Waals surface area contributed by atoms with Gasteiger partial charge in [0, 0.05) is 6.42 Å². The van der Waals surface area contributed by atoms with Crippen LogP contribution in [0, 0.1) is 17.8 Å². The van der Waals surface area contributed by atoms with Gasteiger partial charge in [0.2, 0.25) is 0 Å². The number of hydrogen-bond acceptors (Lipinski definition) is 3. The van der Waals surface area contributed by atoms with E-state index in [1.165, 1.54) is 23.8 Å². The number of ether oxygens (including phenoxy) is 3. The molecule has 3 nitrogen and oxygen atoms in total. The van der Waals surface area contributed by atoms with Crippen molar-refractivity contribution in [3.05, 3.63) is 83.1 Å². The molecular weight excluding hydrogens is 606 g/mol. The molecule has 0 atom stereocenters. The highest BCUT2D eigenvalue weighted by Gasteiger charge is 2.32. The van der Waals surface area contributed by atoms with Crippen LogP contribution in [-0.4, -0.2) is 19.8 Å². The normalized spacial score (nSPS) is 12.5. The summed E-state index contributed by atoms with van der Waals surface area (Å²) in [6.07, 6.45) is -1.93. The van der Waals surface area contributed by atoms with Crippen molar-refractivity contribution in [1.29, 1.82) is 0 Å². The highest BCUT2D eigenvalue weighted by atomic mass is 19.4. The molecule has 264 valence electrons. The zero-order valence-corrected chi connectivity index (χ0v) is 29.5. The largest absolute Gasteiger partial charge is 0.573 e. The first-order valence-corrected chi connectivity index (χ1v) is 16.1. The Labute approximate surface area is 274 Å². The molecule has 0 saturated heterocycles. The maximum Gasteiger partial charge on any atom is 0.573 e. The van der Waals surface area contributed by atoms with Gasteiger partial charge in [0.1, 0.15) is 17.3 Å². The molecular formula is C37H56F6O3. The number of alkyl halides is 6. The molecule has 0 saturated carbocycles. The molecule has 0 aliphatic heterocycles. The van der Waals surface area contributed by atoms with Gasteiger partial charge in [-0.1, -0.05) is 99.6 Å². The highest BCUT2D eigenvalue weighted by molar-refractivity contribution is 5.28. The predicted octanol–water partition coefficient (Wildman–Crippen LogP) is 12.9. The van der Waals surface area contributed by atoms with E-state index >= 15 is 0 Å². The summed E-state index contributed by atoms with van der Waals surface area (Å²) in [7, 11) is 1.69. The van der Waals surface area contributed by atoms with Crippen molar-refractivity contribution in [3.63, 3.8) is 0 Å². The quantitative estimate of drug-likeness (QED) is 0.250. The standard InChI is InChI=1S/C11H13F3O.C11H15F3O.C11H16O.2C2H6/c1-8(2)7-9-3-5-10(6-4-9)15-11(12,13)14;1-8(2)6-9-4-3-5-10(7-9)15-11(12,13)14;1-9(2)8-10-4-6-11(12-3)7-5-10;2*1-2/h3-6,8H,7H2,1-2H3;4,7-8H,3,5-6H2,1-2H3;4-7,9H,8H2,1-3H3;2*1-2H3. The molecule has 0 bridgehead atoms. The van der Waals surface area contributed by atoms with Crippen molar-refractivity contribution < 1.29 is 40.6 Å². The Balaban J connectivity index is 0. The Kier molecular flexibility index (Phi) is 23.6. The third-order valence-corrected chi connectivity index (χ3v) is 5.64. The minimum Gasteiger partial charge on any atom is -0.497 e. The van der Waals surface area contributed by atoms with Gasteiger partial charge in [-0.15, -0.1) is 26.3 Å². The first-order valence-electron chi connectivity index (χ1n) is 16.1. The van der Waals surface area contributed by atoms with Crippen LogP contribution in [0.3, 0.4) is 0 Å². The zero-order valence-electron chi connectivity index (χ0n) is 29.5. The van der Waals surface area contributed by atoms with Crippen molar-refractivity contribution in [2.75, 3.05) is 7.11 Å². The van der Waals surface area contributed by atoms with Crippen LogP contribution in [0.4, 0.5) is 26.3 Å². The Hall–Kier alpha value is -3.10. The minimum absolute atomic E-state index is 0.0284. The number of hydrogen-bond donors (Lipinski definition) is 0. The van der Waals surface area contributed by atoms with Gasteiger partial charge in [0.25, 0.3) is 0 Å². The number of halogens is 6. The lowest BCUT2D eigenvalue weighted by Gasteiger charge is -2.17. The van der Waals surface area contributed by atoms with Crippen LogP contribution in [0.15, 0.2) is 72.0 Å². The third-order valence-electron chi connectivity index (χ3n) is 5.64. The van der Waals surface area contributed by atoms with Crippen molar-refractivity contribution in [3.8, 4) is 11.5 Å². The van der Waals surface area contributed by atoms with Crippen molar-refractivity contribution in [1.82, 2.24) is 0 Å². The summed E-state index contributed by atoms with van der Waals surface area (Å²) in [5.41, 5.74) is 3.33. The summed E-state index contributed by atoms with van der Waals surface area (Å²) in [5.74, 6) is 2.44. The van der Waals surface area contributed by atoms with Gasteiger partial charge in [0.05, 0.1) is 7.11 Å². The molecule has 9 heteroatoms. The number of allylic oxidation sites excluding steroid dienone is 4. The second kappa shape index (κ2) is 24.1. The van der Waals surface area contributed by atoms with Crippen LogP contribution >= 0.6 is 0 Å². The molecule has 1 aliphatic rings. The molecule has 0 unspecified atom stereocenters. The topological polar surface area (TPSA) is 27.7 Å². The van der Waals surface area contributed by atoms with E-state index in [9.17, 15) is 26.3 Å². The number of rotatable bonds is 9. The zero-order chi connectivity index (χ0) is 35.9. The van der Waals surface area contributed by atoms with E-state index in [1.807, 2.05) is 59.8 Å². The Bertz CT molecular complexity index is 1080. The molecule has 1 aliphatic carbocycles. The summed E-state index contributed by atoms with van der Waals surface area (Å²) >= 11 is 0. The minimum atomic E-state index is -4.61. The molecule has 0 amide bonds.